The maximum atomic E-state index is 4.25. The summed E-state index contributed by atoms with van der Waals surface area (Å²) >= 11 is 0. The van der Waals surface area contributed by atoms with E-state index in [2.05, 4.69) is 23.8 Å². The van der Waals surface area contributed by atoms with E-state index in [0.29, 0.717) is 5.92 Å². The molecule has 1 heterocycles. The van der Waals surface area contributed by atoms with Crippen molar-refractivity contribution in [2.24, 2.45) is 15.9 Å². The largest absolute Gasteiger partial charge is 0.287 e. The third-order valence-electron chi connectivity index (χ3n) is 1.41. The van der Waals surface area contributed by atoms with Crippen molar-refractivity contribution < 1.29 is 0 Å². The van der Waals surface area contributed by atoms with Crippen LogP contribution in [0, 0.1) is 5.92 Å². The van der Waals surface area contributed by atoms with Crippen molar-refractivity contribution in [2.75, 3.05) is 6.54 Å². The number of hydrogen-bond donors (Lipinski definition) is 0. The molecule has 0 bridgehead atoms. The van der Waals surface area contributed by atoms with Crippen LogP contribution in [0.1, 0.15) is 20.3 Å². The Labute approximate surface area is 67.8 Å². The molecule has 0 saturated heterocycles. The van der Waals surface area contributed by atoms with Crippen LogP contribution in [0.25, 0.3) is 0 Å². The van der Waals surface area contributed by atoms with Gasteiger partial charge in [-0.3, -0.25) is 9.98 Å². The highest BCUT2D eigenvalue weighted by Crippen LogP contribution is 2.02. The topological polar surface area (TPSA) is 24.7 Å². The molecular formula is C9H14N2. The van der Waals surface area contributed by atoms with Crippen molar-refractivity contribution in [3.8, 4) is 0 Å². The Hall–Kier alpha value is -0.920. The van der Waals surface area contributed by atoms with Crippen LogP contribution in [0.15, 0.2) is 22.3 Å². The summed E-state index contributed by atoms with van der Waals surface area (Å²) < 4.78 is 0. The van der Waals surface area contributed by atoms with Gasteiger partial charge in [0, 0.05) is 12.4 Å². The fourth-order valence-electron chi connectivity index (χ4n) is 0.972. The zero-order valence-corrected chi connectivity index (χ0v) is 7.12. The molecule has 2 heteroatoms. The summed E-state index contributed by atoms with van der Waals surface area (Å²) in [5.74, 6) is 0.659. The lowest BCUT2D eigenvalue weighted by atomic mass is 10.1. The second-order valence-electron chi connectivity index (χ2n) is 3.10. The summed E-state index contributed by atoms with van der Waals surface area (Å²) in [5, 5.41) is 0. The quantitative estimate of drug-likeness (QED) is 0.575. The second-order valence-corrected chi connectivity index (χ2v) is 3.10. The van der Waals surface area contributed by atoms with Crippen LogP contribution in [-0.2, 0) is 0 Å². The molecule has 0 aromatic heterocycles. The molecule has 0 radical (unpaired) electrons. The van der Waals surface area contributed by atoms with Crippen LogP contribution in [-0.4, -0.2) is 18.5 Å². The molecule has 0 atom stereocenters. The van der Waals surface area contributed by atoms with E-state index in [1.165, 1.54) is 0 Å². The summed E-state index contributed by atoms with van der Waals surface area (Å²) in [4.78, 5) is 8.41. The molecule has 1 aliphatic rings. The van der Waals surface area contributed by atoms with E-state index < -0.39 is 0 Å². The summed E-state index contributed by atoms with van der Waals surface area (Å²) in [5.41, 5.74) is 1.09. The monoisotopic (exact) mass is 150 g/mol. The van der Waals surface area contributed by atoms with Crippen LogP contribution in [0.4, 0.5) is 0 Å². The van der Waals surface area contributed by atoms with Crippen molar-refractivity contribution in [1.29, 1.82) is 0 Å². The summed E-state index contributed by atoms with van der Waals surface area (Å²) in [6, 6.07) is 0. The van der Waals surface area contributed by atoms with Crippen LogP contribution >= 0.6 is 0 Å². The Balaban J connectivity index is 2.55. The molecule has 2 nitrogen and oxygen atoms in total. The van der Waals surface area contributed by atoms with Gasteiger partial charge >= 0.3 is 0 Å². The van der Waals surface area contributed by atoms with Crippen LogP contribution in [0.3, 0.4) is 0 Å². The smallest absolute Gasteiger partial charge is 0.0588 e. The molecule has 0 aromatic carbocycles. The SMILES string of the molecule is CC(C)CC1=NC=CCN=C1. The normalized spacial score (nSPS) is 16.8. The summed E-state index contributed by atoms with van der Waals surface area (Å²) in [7, 11) is 0. The van der Waals surface area contributed by atoms with E-state index >= 15 is 0 Å². The molecule has 11 heavy (non-hydrogen) atoms. The van der Waals surface area contributed by atoms with Gasteiger partial charge in [0.2, 0.25) is 0 Å². The van der Waals surface area contributed by atoms with E-state index in [1.807, 2.05) is 18.5 Å². The minimum absolute atomic E-state index is 0.659. The van der Waals surface area contributed by atoms with E-state index in [0.717, 1.165) is 18.7 Å². The van der Waals surface area contributed by atoms with Gasteiger partial charge in [-0.15, -0.1) is 0 Å². The van der Waals surface area contributed by atoms with Gasteiger partial charge in [0.25, 0.3) is 0 Å². The highest BCUT2D eigenvalue weighted by Gasteiger charge is 1.99. The Bertz CT molecular complexity index is 200. The Morgan fingerprint density at radius 2 is 2.36 bits per heavy atom. The predicted molar refractivity (Wildman–Crippen MR) is 49.4 cm³/mol. The van der Waals surface area contributed by atoms with Crippen molar-refractivity contribution in [1.82, 2.24) is 0 Å². The number of nitrogens with zero attached hydrogens (tertiary/aromatic N) is 2. The van der Waals surface area contributed by atoms with Crippen LogP contribution < -0.4 is 0 Å². The average molecular weight is 150 g/mol. The molecular weight excluding hydrogens is 136 g/mol. The van der Waals surface area contributed by atoms with E-state index in [-0.39, 0.29) is 0 Å². The molecule has 0 unspecified atom stereocenters. The third kappa shape index (κ3) is 3.12. The Morgan fingerprint density at radius 3 is 3.09 bits per heavy atom. The molecule has 1 aliphatic heterocycles. The highest BCUT2D eigenvalue weighted by molar-refractivity contribution is 6.30. The average Bonchev–Trinajstić information content (AvgIpc) is 2.14. The van der Waals surface area contributed by atoms with Crippen molar-refractivity contribution >= 4 is 11.9 Å². The highest BCUT2D eigenvalue weighted by atomic mass is 14.8. The molecule has 60 valence electrons. The first-order chi connectivity index (χ1) is 5.29. The molecule has 0 amide bonds. The van der Waals surface area contributed by atoms with Crippen molar-refractivity contribution in [3.63, 3.8) is 0 Å². The number of hydrogen-bond acceptors (Lipinski definition) is 2. The minimum atomic E-state index is 0.659. The predicted octanol–water partition coefficient (Wildman–Crippen LogP) is 2.07. The first-order valence-electron chi connectivity index (χ1n) is 4.00. The summed E-state index contributed by atoms with van der Waals surface area (Å²) in [6.07, 6.45) is 6.70. The third-order valence-corrected chi connectivity index (χ3v) is 1.41. The first-order valence-corrected chi connectivity index (χ1v) is 4.00. The van der Waals surface area contributed by atoms with Gasteiger partial charge in [0.15, 0.2) is 0 Å². The fraction of sp³-hybridized carbons (Fsp3) is 0.556. The summed E-state index contributed by atoms with van der Waals surface area (Å²) in [6.45, 7) is 5.14. The molecule has 0 spiro atoms. The van der Waals surface area contributed by atoms with E-state index in [9.17, 15) is 0 Å². The van der Waals surface area contributed by atoms with Gasteiger partial charge in [-0.2, -0.15) is 0 Å². The van der Waals surface area contributed by atoms with E-state index in [1.54, 1.807) is 0 Å². The molecule has 0 saturated carbocycles. The molecule has 1 rings (SSSR count). The molecule has 0 aromatic rings. The van der Waals surface area contributed by atoms with Crippen molar-refractivity contribution in [2.45, 2.75) is 20.3 Å². The molecule has 0 N–H and O–H groups in total. The number of rotatable bonds is 2. The molecule has 0 aliphatic carbocycles. The standard InChI is InChI=1S/C9H14N2/c1-8(2)6-9-7-10-4-3-5-11-9/h3,5,7-8H,4,6H2,1-2H3. The van der Waals surface area contributed by atoms with Gasteiger partial charge in [-0.05, 0) is 18.4 Å². The van der Waals surface area contributed by atoms with Gasteiger partial charge in [-0.1, -0.05) is 13.8 Å². The number of aliphatic imine (C=N–C) groups is 2. The zero-order valence-electron chi connectivity index (χ0n) is 7.12. The maximum Gasteiger partial charge on any atom is 0.0588 e. The zero-order chi connectivity index (χ0) is 8.10. The van der Waals surface area contributed by atoms with Crippen molar-refractivity contribution in [3.05, 3.63) is 12.3 Å². The minimum Gasteiger partial charge on any atom is -0.287 e. The first kappa shape index (κ1) is 8.18. The Morgan fingerprint density at radius 1 is 1.55 bits per heavy atom. The Kier molecular flexibility index (Phi) is 3.02. The lowest BCUT2D eigenvalue weighted by Crippen LogP contribution is -2.03. The van der Waals surface area contributed by atoms with Gasteiger partial charge in [0.1, 0.15) is 0 Å². The van der Waals surface area contributed by atoms with Gasteiger partial charge in [0.05, 0.1) is 12.3 Å². The van der Waals surface area contributed by atoms with E-state index in [4.69, 9.17) is 0 Å². The molecule has 0 fully saturated rings. The van der Waals surface area contributed by atoms with Gasteiger partial charge in [-0.25, -0.2) is 0 Å². The van der Waals surface area contributed by atoms with Crippen LogP contribution in [0.2, 0.25) is 0 Å². The van der Waals surface area contributed by atoms with Gasteiger partial charge < -0.3 is 0 Å². The maximum absolute atomic E-state index is 4.25. The fourth-order valence-corrected chi connectivity index (χ4v) is 0.972. The lowest BCUT2D eigenvalue weighted by Gasteiger charge is -2.01. The van der Waals surface area contributed by atoms with Crippen LogP contribution in [0.5, 0.6) is 0 Å². The lowest BCUT2D eigenvalue weighted by molar-refractivity contribution is 0.687. The second kappa shape index (κ2) is 4.06.